The maximum Gasteiger partial charge on any atom is 0.0470 e. The zero-order chi connectivity index (χ0) is 12.3. The van der Waals surface area contributed by atoms with Crippen LogP contribution in [0.1, 0.15) is 30.5 Å². The molecule has 0 radical (unpaired) electrons. The third-order valence-corrected chi connectivity index (χ3v) is 3.13. The van der Waals surface area contributed by atoms with E-state index < -0.39 is 0 Å². The Hall–Kier alpha value is -1.25. The molecular formula is C14H17ClN2. The number of aromatic nitrogens is 1. The molecule has 1 aromatic heterocycles. The van der Waals surface area contributed by atoms with Gasteiger partial charge >= 0.3 is 0 Å². The predicted octanol–water partition coefficient (Wildman–Crippen LogP) is 3.60. The highest BCUT2D eigenvalue weighted by atomic mass is 35.5. The molecule has 2 N–H and O–H groups in total. The summed E-state index contributed by atoms with van der Waals surface area (Å²) >= 11 is 5.96. The van der Waals surface area contributed by atoms with Crippen molar-refractivity contribution in [2.75, 3.05) is 0 Å². The average Bonchev–Trinajstić information content (AvgIpc) is 2.76. The highest BCUT2D eigenvalue weighted by molar-refractivity contribution is 6.30. The van der Waals surface area contributed by atoms with Gasteiger partial charge in [-0.15, -0.1) is 0 Å². The van der Waals surface area contributed by atoms with Crippen LogP contribution in [-0.2, 0) is 6.54 Å². The van der Waals surface area contributed by atoms with Gasteiger partial charge in [0.15, 0.2) is 0 Å². The van der Waals surface area contributed by atoms with Crippen LogP contribution in [0, 0.1) is 0 Å². The van der Waals surface area contributed by atoms with E-state index in [1.807, 2.05) is 18.2 Å². The summed E-state index contributed by atoms with van der Waals surface area (Å²) in [5, 5.41) is 0.778. The van der Waals surface area contributed by atoms with Gasteiger partial charge in [-0.3, -0.25) is 0 Å². The van der Waals surface area contributed by atoms with Gasteiger partial charge in [-0.25, -0.2) is 0 Å². The van der Waals surface area contributed by atoms with Crippen LogP contribution in [0.5, 0.6) is 0 Å². The van der Waals surface area contributed by atoms with Crippen LogP contribution in [-0.4, -0.2) is 4.57 Å². The lowest BCUT2D eigenvalue weighted by atomic mass is 10.1. The predicted molar refractivity (Wildman–Crippen MR) is 72.2 cm³/mol. The topological polar surface area (TPSA) is 30.9 Å². The van der Waals surface area contributed by atoms with Crippen LogP contribution < -0.4 is 5.73 Å². The van der Waals surface area contributed by atoms with E-state index >= 15 is 0 Å². The second kappa shape index (κ2) is 5.39. The van der Waals surface area contributed by atoms with Crippen LogP contribution in [0.3, 0.4) is 0 Å². The van der Waals surface area contributed by atoms with E-state index in [1.165, 1.54) is 11.1 Å². The van der Waals surface area contributed by atoms with E-state index in [0.717, 1.165) is 18.0 Å². The van der Waals surface area contributed by atoms with Crippen molar-refractivity contribution < 1.29 is 0 Å². The molecule has 0 spiro atoms. The van der Waals surface area contributed by atoms with E-state index in [4.69, 9.17) is 17.3 Å². The summed E-state index contributed by atoms with van der Waals surface area (Å²) in [5.41, 5.74) is 8.38. The normalized spacial score (nSPS) is 12.6. The summed E-state index contributed by atoms with van der Waals surface area (Å²) < 4.78 is 2.14. The average molecular weight is 249 g/mol. The molecule has 0 bridgehead atoms. The first-order valence-electron chi connectivity index (χ1n) is 5.84. The Morgan fingerprint density at radius 3 is 2.88 bits per heavy atom. The highest BCUT2D eigenvalue weighted by Gasteiger charge is 2.05. The molecule has 1 atom stereocenters. The minimum Gasteiger partial charge on any atom is -0.350 e. The largest absolute Gasteiger partial charge is 0.350 e. The molecule has 0 aliphatic carbocycles. The van der Waals surface area contributed by atoms with Crippen molar-refractivity contribution in [3.63, 3.8) is 0 Å². The lowest BCUT2D eigenvalue weighted by molar-refractivity contribution is 0.693. The number of nitrogens with zero attached hydrogens (tertiary/aromatic N) is 1. The fourth-order valence-corrected chi connectivity index (χ4v) is 2.07. The third kappa shape index (κ3) is 3.11. The molecule has 2 aromatic rings. The summed E-state index contributed by atoms with van der Waals surface area (Å²) in [5.74, 6) is 0. The lowest BCUT2D eigenvalue weighted by Crippen LogP contribution is -2.07. The van der Waals surface area contributed by atoms with Crippen molar-refractivity contribution in [1.82, 2.24) is 4.57 Å². The molecule has 0 amide bonds. The molecule has 90 valence electrons. The summed E-state index contributed by atoms with van der Waals surface area (Å²) in [4.78, 5) is 0. The quantitative estimate of drug-likeness (QED) is 0.881. The van der Waals surface area contributed by atoms with Gasteiger partial charge in [-0.2, -0.15) is 0 Å². The number of rotatable bonds is 4. The first-order valence-corrected chi connectivity index (χ1v) is 6.22. The van der Waals surface area contributed by atoms with Crippen LogP contribution in [0.4, 0.5) is 0 Å². The van der Waals surface area contributed by atoms with Gasteiger partial charge in [0.05, 0.1) is 0 Å². The van der Waals surface area contributed by atoms with Gasteiger partial charge in [-0.05, 0) is 35.7 Å². The van der Waals surface area contributed by atoms with E-state index in [9.17, 15) is 0 Å². The number of hydrogen-bond acceptors (Lipinski definition) is 1. The zero-order valence-electron chi connectivity index (χ0n) is 9.94. The molecule has 0 aliphatic rings. The van der Waals surface area contributed by atoms with Crippen molar-refractivity contribution in [1.29, 1.82) is 0 Å². The molecular weight excluding hydrogens is 232 g/mol. The lowest BCUT2D eigenvalue weighted by Gasteiger charge is -2.06. The minimum absolute atomic E-state index is 0.135. The Bertz CT molecular complexity index is 490. The van der Waals surface area contributed by atoms with Gasteiger partial charge in [0, 0.05) is 30.0 Å². The van der Waals surface area contributed by atoms with Crippen molar-refractivity contribution in [3.8, 4) is 0 Å². The Morgan fingerprint density at radius 1 is 1.35 bits per heavy atom. The summed E-state index contributed by atoms with van der Waals surface area (Å²) in [6, 6.07) is 10.1. The smallest absolute Gasteiger partial charge is 0.0470 e. The monoisotopic (exact) mass is 248 g/mol. The van der Waals surface area contributed by atoms with Crippen LogP contribution in [0.25, 0.3) is 0 Å². The zero-order valence-corrected chi connectivity index (χ0v) is 10.7. The van der Waals surface area contributed by atoms with Gasteiger partial charge in [-0.1, -0.05) is 30.7 Å². The standard InChI is InChI=1S/C14H17ClN2/c1-2-14(16)12-6-7-17(10-12)9-11-4-3-5-13(15)8-11/h3-8,10,14H,2,9,16H2,1H3. The molecule has 1 heterocycles. The second-order valence-corrected chi connectivity index (χ2v) is 4.70. The van der Waals surface area contributed by atoms with Crippen molar-refractivity contribution in [2.45, 2.75) is 25.9 Å². The second-order valence-electron chi connectivity index (χ2n) is 4.26. The van der Waals surface area contributed by atoms with E-state index in [1.54, 1.807) is 0 Å². The first kappa shape index (κ1) is 12.2. The Kier molecular flexibility index (Phi) is 3.87. The molecule has 2 rings (SSSR count). The first-order chi connectivity index (χ1) is 8.19. The molecule has 0 saturated carbocycles. The summed E-state index contributed by atoms with van der Waals surface area (Å²) in [6.45, 7) is 2.93. The summed E-state index contributed by atoms with van der Waals surface area (Å²) in [7, 11) is 0. The van der Waals surface area contributed by atoms with Gasteiger partial charge in [0.2, 0.25) is 0 Å². The van der Waals surface area contributed by atoms with E-state index in [-0.39, 0.29) is 6.04 Å². The molecule has 3 heteroatoms. The molecule has 2 nitrogen and oxygen atoms in total. The van der Waals surface area contributed by atoms with Crippen LogP contribution in [0.15, 0.2) is 42.7 Å². The SMILES string of the molecule is CCC(N)c1ccn(Cc2cccc(Cl)c2)c1. The van der Waals surface area contributed by atoms with Gasteiger partial charge in [0.1, 0.15) is 0 Å². The van der Waals surface area contributed by atoms with Crippen molar-refractivity contribution >= 4 is 11.6 Å². The maximum absolute atomic E-state index is 5.99. The van der Waals surface area contributed by atoms with Crippen molar-refractivity contribution in [3.05, 3.63) is 58.9 Å². The Labute approximate surface area is 107 Å². The molecule has 1 unspecified atom stereocenters. The van der Waals surface area contributed by atoms with Gasteiger partial charge < -0.3 is 10.3 Å². The molecule has 0 aliphatic heterocycles. The van der Waals surface area contributed by atoms with E-state index in [2.05, 4.69) is 36.0 Å². The molecule has 1 aromatic carbocycles. The number of nitrogens with two attached hydrogens (primary N) is 1. The fraction of sp³-hybridized carbons (Fsp3) is 0.286. The third-order valence-electron chi connectivity index (χ3n) is 2.90. The number of hydrogen-bond donors (Lipinski definition) is 1. The minimum atomic E-state index is 0.135. The molecule has 0 saturated heterocycles. The summed E-state index contributed by atoms with van der Waals surface area (Å²) in [6.07, 6.45) is 5.13. The van der Waals surface area contributed by atoms with E-state index in [0.29, 0.717) is 0 Å². The fourth-order valence-electron chi connectivity index (χ4n) is 1.86. The van der Waals surface area contributed by atoms with Crippen LogP contribution in [0.2, 0.25) is 5.02 Å². The maximum atomic E-state index is 5.99. The van der Waals surface area contributed by atoms with Crippen molar-refractivity contribution in [2.24, 2.45) is 5.73 Å². The number of benzene rings is 1. The molecule has 0 fully saturated rings. The van der Waals surface area contributed by atoms with Gasteiger partial charge in [0.25, 0.3) is 0 Å². The Balaban J connectivity index is 2.11. The Morgan fingerprint density at radius 2 is 2.18 bits per heavy atom. The number of halogens is 1. The highest BCUT2D eigenvalue weighted by Crippen LogP contribution is 2.16. The molecule has 17 heavy (non-hydrogen) atoms. The van der Waals surface area contributed by atoms with Crippen LogP contribution >= 0.6 is 11.6 Å².